The molecule has 0 unspecified atom stereocenters. The maximum Gasteiger partial charge on any atom is 0.324 e. The number of aryl methyl sites for hydroxylation is 2. The first-order valence-electron chi connectivity index (χ1n) is 16.7. The lowest BCUT2D eigenvalue weighted by molar-refractivity contribution is -0.146. The van der Waals surface area contributed by atoms with Gasteiger partial charge in [-0.2, -0.15) is 9.44 Å². The average Bonchev–Trinajstić information content (AvgIpc) is 3.14. The first-order chi connectivity index (χ1) is 24.8. The zero-order chi connectivity index (χ0) is 37.5. The molecule has 5 rings (SSSR count). The Hall–Kier alpha value is -5.02. The highest BCUT2D eigenvalue weighted by molar-refractivity contribution is 7.89. The topological polar surface area (TPSA) is 179 Å². The van der Waals surface area contributed by atoms with E-state index in [0.717, 1.165) is 35.4 Å². The first kappa shape index (κ1) is 38.2. The van der Waals surface area contributed by atoms with Gasteiger partial charge in [0.2, 0.25) is 20.0 Å². The van der Waals surface area contributed by atoms with Crippen LogP contribution in [0, 0.1) is 0 Å². The Balaban J connectivity index is 1.40. The van der Waals surface area contributed by atoms with Crippen molar-refractivity contribution in [1.82, 2.24) is 9.44 Å². The molecule has 272 valence electrons. The van der Waals surface area contributed by atoms with Gasteiger partial charge in [-0.1, -0.05) is 60.7 Å². The van der Waals surface area contributed by atoms with Gasteiger partial charge in [0, 0.05) is 22.3 Å². The van der Waals surface area contributed by atoms with Crippen molar-refractivity contribution in [2.75, 3.05) is 13.2 Å². The van der Waals surface area contributed by atoms with E-state index in [1.54, 1.807) is 13.8 Å². The molecule has 0 saturated heterocycles. The number of benzene rings is 4. The van der Waals surface area contributed by atoms with Crippen LogP contribution in [-0.4, -0.2) is 65.6 Å². The summed E-state index contributed by atoms with van der Waals surface area (Å²) in [5.74, 6) is -2.94. The molecule has 1 aliphatic rings. The summed E-state index contributed by atoms with van der Waals surface area (Å²) in [5.41, 5.74) is 1.11. The maximum atomic E-state index is 13.8. The molecule has 4 aromatic carbocycles. The first-order valence-corrected chi connectivity index (χ1v) is 19.6. The maximum absolute atomic E-state index is 13.8. The largest absolute Gasteiger partial charge is 0.465 e. The molecule has 0 fully saturated rings. The van der Waals surface area contributed by atoms with Crippen molar-refractivity contribution in [2.24, 2.45) is 0 Å². The highest BCUT2D eigenvalue weighted by atomic mass is 32.2. The molecule has 0 amide bonds. The van der Waals surface area contributed by atoms with Gasteiger partial charge in [-0.15, -0.1) is 0 Å². The van der Waals surface area contributed by atoms with Gasteiger partial charge in [0.25, 0.3) is 0 Å². The van der Waals surface area contributed by atoms with Crippen LogP contribution in [0.3, 0.4) is 0 Å². The van der Waals surface area contributed by atoms with E-state index in [4.69, 9.17) is 9.47 Å². The number of rotatable bonds is 16. The number of nitrogens with one attached hydrogen (secondary N) is 2. The fourth-order valence-electron chi connectivity index (χ4n) is 5.80. The van der Waals surface area contributed by atoms with E-state index in [-0.39, 0.29) is 58.1 Å². The van der Waals surface area contributed by atoms with Crippen molar-refractivity contribution in [2.45, 2.75) is 61.4 Å². The molecule has 0 spiro atoms. The van der Waals surface area contributed by atoms with Gasteiger partial charge in [-0.3, -0.25) is 19.2 Å². The Morgan fingerprint density at radius 1 is 0.558 bits per heavy atom. The molecular weight excluding hydrogens is 709 g/mol. The summed E-state index contributed by atoms with van der Waals surface area (Å²) in [6, 6.07) is 22.6. The molecule has 12 nitrogen and oxygen atoms in total. The quantitative estimate of drug-likeness (QED) is 0.139. The van der Waals surface area contributed by atoms with Crippen LogP contribution in [0.25, 0.3) is 0 Å². The molecule has 14 heteroatoms. The fourth-order valence-corrected chi connectivity index (χ4v) is 8.29. The second kappa shape index (κ2) is 16.5. The monoisotopic (exact) mass is 746 g/mol. The van der Waals surface area contributed by atoms with Crippen LogP contribution in [0.2, 0.25) is 0 Å². The summed E-state index contributed by atoms with van der Waals surface area (Å²) in [5, 5.41) is 0. The predicted octanol–water partition coefficient (Wildman–Crippen LogP) is 4.15. The van der Waals surface area contributed by atoms with Crippen LogP contribution in [0.5, 0.6) is 0 Å². The molecule has 4 aromatic rings. The minimum absolute atomic E-state index is 0.0294. The van der Waals surface area contributed by atoms with Crippen LogP contribution >= 0.6 is 0 Å². The Morgan fingerprint density at radius 3 is 1.29 bits per heavy atom. The summed E-state index contributed by atoms with van der Waals surface area (Å²) < 4.78 is 69.3. The smallest absolute Gasteiger partial charge is 0.324 e. The number of sulfonamides is 2. The number of ketones is 2. The van der Waals surface area contributed by atoms with E-state index in [1.807, 2.05) is 60.7 Å². The molecule has 0 radical (unpaired) electrons. The number of ether oxygens (including phenoxy) is 2. The van der Waals surface area contributed by atoms with Gasteiger partial charge in [0.05, 0.1) is 23.0 Å². The lowest BCUT2D eigenvalue weighted by atomic mass is 9.84. The van der Waals surface area contributed by atoms with E-state index in [1.165, 1.54) is 12.1 Å². The third-order valence-electron chi connectivity index (χ3n) is 8.45. The van der Waals surface area contributed by atoms with Crippen LogP contribution in [-0.2, 0) is 52.0 Å². The molecule has 0 heterocycles. The summed E-state index contributed by atoms with van der Waals surface area (Å²) in [4.78, 5) is 52.1. The van der Waals surface area contributed by atoms with E-state index in [9.17, 15) is 36.0 Å². The zero-order valence-electron chi connectivity index (χ0n) is 28.5. The Morgan fingerprint density at radius 2 is 0.923 bits per heavy atom. The molecule has 0 saturated carbocycles. The van der Waals surface area contributed by atoms with Crippen LogP contribution in [0.4, 0.5) is 0 Å². The summed E-state index contributed by atoms with van der Waals surface area (Å²) >= 11 is 0. The normalized spacial score (nSPS) is 13.8. The van der Waals surface area contributed by atoms with Crippen molar-refractivity contribution in [3.05, 3.63) is 130 Å². The number of esters is 2. The predicted molar refractivity (Wildman–Crippen MR) is 191 cm³/mol. The highest BCUT2D eigenvalue weighted by Gasteiger charge is 2.35. The number of fused-ring (bicyclic) bond motifs is 2. The molecule has 2 atom stereocenters. The van der Waals surface area contributed by atoms with Crippen LogP contribution in [0.1, 0.15) is 69.7 Å². The SMILES string of the molecule is CCOC(=O)[C@H](CCc1ccccc1)NS(=O)(=O)c1ccc2c(c1)C(=O)c1cc(S(=O)(=O)N[C@H](CCc3ccccc3)C(=O)OCC)ccc1C2=O. The Labute approximate surface area is 302 Å². The number of carbonyl (C=O) groups is 4. The highest BCUT2D eigenvalue weighted by Crippen LogP contribution is 2.31. The number of carbonyl (C=O) groups excluding carboxylic acids is 4. The van der Waals surface area contributed by atoms with Gasteiger partial charge in [0.15, 0.2) is 11.6 Å². The van der Waals surface area contributed by atoms with Crippen LogP contribution < -0.4 is 9.44 Å². The minimum atomic E-state index is -4.43. The lowest BCUT2D eigenvalue weighted by Gasteiger charge is -2.21. The van der Waals surface area contributed by atoms with Gasteiger partial charge in [-0.05, 0) is 87.1 Å². The summed E-state index contributed by atoms with van der Waals surface area (Å²) in [6.07, 6.45) is 0.918. The van der Waals surface area contributed by atoms with Crippen molar-refractivity contribution in [3.63, 3.8) is 0 Å². The third-order valence-corrected chi connectivity index (χ3v) is 11.4. The lowest BCUT2D eigenvalue weighted by Crippen LogP contribution is -2.42. The third kappa shape index (κ3) is 8.88. The molecule has 2 N–H and O–H groups in total. The number of hydrogen-bond acceptors (Lipinski definition) is 10. The molecular formula is C38H38N2O10S2. The van der Waals surface area contributed by atoms with Crippen molar-refractivity contribution in [3.8, 4) is 0 Å². The van der Waals surface area contributed by atoms with E-state index < -0.39 is 55.6 Å². The zero-order valence-corrected chi connectivity index (χ0v) is 30.2. The minimum Gasteiger partial charge on any atom is -0.465 e. The van der Waals surface area contributed by atoms with Crippen molar-refractivity contribution in [1.29, 1.82) is 0 Å². The van der Waals surface area contributed by atoms with Gasteiger partial charge < -0.3 is 9.47 Å². The Kier molecular flexibility index (Phi) is 12.2. The van der Waals surface area contributed by atoms with Crippen molar-refractivity contribution >= 4 is 43.6 Å². The molecule has 0 bridgehead atoms. The van der Waals surface area contributed by atoms with E-state index >= 15 is 0 Å². The van der Waals surface area contributed by atoms with Gasteiger partial charge >= 0.3 is 11.9 Å². The van der Waals surface area contributed by atoms with Crippen LogP contribution in [0.15, 0.2) is 107 Å². The molecule has 0 aliphatic heterocycles. The molecule has 1 aliphatic carbocycles. The van der Waals surface area contributed by atoms with Crippen molar-refractivity contribution < 1.29 is 45.5 Å². The summed E-state index contributed by atoms with van der Waals surface area (Å²) in [7, 11) is -8.85. The summed E-state index contributed by atoms with van der Waals surface area (Å²) in [6.45, 7) is 3.26. The van der Waals surface area contributed by atoms with Gasteiger partial charge in [-0.25, -0.2) is 16.8 Å². The number of hydrogen-bond donors (Lipinski definition) is 2. The van der Waals surface area contributed by atoms with Gasteiger partial charge in [0.1, 0.15) is 12.1 Å². The molecule has 0 aromatic heterocycles. The standard InChI is InChI=1S/C38H38N2O10S2/c1-3-49-37(43)33(21-15-25-11-7-5-8-12-25)39-51(45,46)27-17-19-29-31(23-27)36(42)32-24-28(18-20-30(32)35(29)41)52(47,48)40-34(38(44)50-4-2)22-16-26-13-9-6-10-14-26/h5-14,17-20,23-24,33-34,39-40H,3-4,15-16,21-22H2,1-2H3/t33-,34+. The average molecular weight is 747 g/mol. The van der Waals surface area contributed by atoms with E-state index in [2.05, 4.69) is 9.44 Å². The molecule has 52 heavy (non-hydrogen) atoms. The second-order valence-electron chi connectivity index (χ2n) is 12.0. The second-order valence-corrected chi connectivity index (χ2v) is 15.4. The Bertz CT molecular complexity index is 2040. The van der Waals surface area contributed by atoms with E-state index in [0.29, 0.717) is 12.8 Å². The fraction of sp³-hybridized carbons (Fsp3) is 0.263.